The molecule has 1 saturated heterocycles. The molecule has 1 aromatic heterocycles. The van der Waals surface area contributed by atoms with Crippen LogP contribution in [-0.4, -0.2) is 48.3 Å². The Morgan fingerprint density at radius 1 is 1.13 bits per heavy atom. The van der Waals surface area contributed by atoms with Crippen LogP contribution in [-0.2, 0) is 0 Å². The topological polar surface area (TPSA) is 53.5 Å². The van der Waals surface area contributed by atoms with E-state index in [0.29, 0.717) is 12.1 Å². The quantitative estimate of drug-likeness (QED) is 0.655. The van der Waals surface area contributed by atoms with Gasteiger partial charge in [-0.15, -0.1) is 12.4 Å². The second kappa shape index (κ2) is 10.0. The van der Waals surface area contributed by atoms with E-state index < -0.39 is 28.9 Å². The molecule has 1 aliphatic rings. The highest BCUT2D eigenvalue weighted by atomic mass is 35.5. The minimum absolute atomic E-state index is 0. The number of anilines is 1. The third-order valence-electron chi connectivity index (χ3n) is 5.13. The molecule has 2 heterocycles. The maximum Gasteiger partial charge on any atom is 0.265 e. The summed E-state index contributed by atoms with van der Waals surface area (Å²) in [6.45, 7) is 3.32. The minimum atomic E-state index is -1.29. The van der Waals surface area contributed by atoms with Crippen LogP contribution in [0.3, 0.4) is 0 Å². The molecule has 0 saturated carbocycles. The molecule has 30 heavy (non-hydrogen) atoms. The molecule has 0 aliphatic carbocycles. The van der Waals surface area contributed by atoms with E-state index in [9.17, 15) is 22.8 Å². The van der Waals surface area contributed by atoms with E-state index in [1.165, 1.54) is 6.07 Å². The summed E-state index contributed by atoms with van der Waals surface area (Å²) in [6, 6.07) is 5.56. The van der Waals surface area contributed by atoms with Gasteiger partial charge in [-0.25, -0.2) is 18.2 Å². The van der Waals surface area contributed by atoms with Crippen LogP contribution in [0.4, 0.5) is 19.0 Å². The number of halogens is 4. The number of amides is 1. The lowest BCUT2D eigenvalue weighted by Gasteiger charge is -2.28. The molecule has 5 nitrogen and oxygen atoms in total. The Balaban J connectivity index is 0.00000320. The number of Topliss-reactive ketones (excluding diaryl/α,β-unsaturated/α-hetero) is 1. The fourth-order valence-corrected chi connectivity index (χ4v) is 3.48. The van der Waals surface area contributed by atoms with Gasteiger partial charge in [-0.3, -0.25) is 14.5 Å². The normalized spacial score (nSPS) is 14.8. The number of pyridine rings is 1. The van der Waals surface area contributed by atoms with Crippen molar-refractivity contribution in [2.75, 3.05) is 31.6 Å². The summed E-state index contributed by atoms with van der Waals surface area (Å²) in [6.07, 6.45) is 1.45. The molecule has 0 spiro atoms. The lowest BCUT2D eigenvalue weighted by atomic mass is 9.91. The molecule has 0 atom stereocenters. The van der Waals surface area contributed by atoms with Crippen molar-refractivity contribution in [2.24, 2.45) is 5.92 Å². The highest BCUT2D eigenvalue weighted by Gasteiger charge is 2.28. The van der Waals surface area contributed by atoms with E-state index in [1.807, 2.05) is 7.05 Å². The minimum Gasteiger partial charge on any atom is -0.306 e. The van der Waals surface area contributed by atoms with Crippen molar-refractivity contribution in [3.63, 3.8) is 0 Å². The Kier molecular flexibility index (Phi) is 7.97. The number of aromatic nitrogens is 1. The number of carbonyl (C=O) groups is 2. The predicted octanol–water partition coefficient (Wildman–Crippen LogP) is 4.11. The van der Waals surface area contributed by atoms with E-state index >= 15 is 0 Å². The van der Waals surface area contributed by atoms with Crippen LogP contribution in [0.5, 0.6) is 0 Å². The van der Waals surface area contributed by atoms with Gasteiger partial charge >= 0.3 is 0 Å². The van der Waals surface area contributed by atoms with Gasteiger partial charge in [-0.2, -0.15) is 0 Å². The lowest BCUT2D eigenvalue weighted by molar-refractivity contribution is 0.0850. The maximum absolute atomic E-state index is 14.1. The summed E-state index contributed by atoms with van der Waals surface area (Å²) in [5.74, 6) is -4.81. The first kappa shape index (κ1) is 23.8. The van der Waals surface area contributed by atoms with Gasteiger partial charge in [0.25, 0.3) is 5.91 Å². The van der Waals surface area contributed by atoms with Gasteiger partial charge < -0.3 is 4.90 Å². The number of nitrogens with zero attached hydrogens (tertiary/aromatic N) is 3. The third kappa shape index (κ3) is 4.99. The van der Waals surface area contributed by atoms with Crippen LogP contribution < -0.4 is 4.90 Å². The summed E-state index contributed by atoms with van der Waals surface area (Å²) in [4.78, 5) is 33.0. The van der Waals surface area contributed by atoms with Crippen molar-refractivity contribution in [3.8, 4) is 0 Å². The summed E-state index contributed by atoms with van der Waals surface area (Å²) in [5.41, 5.74) is -0.648. The lowest BCUT2D eigenvalue weighted by Crippen LogP contribution is -2.35. The van der Waals surface area contributed by atoms with Gasteiger partial charge in [0.05, 0.1) is 0 Å². The average Bonchev–Trinajstić information content (AvgIpc) is 2.68. The van der Waals surface area contributed by atoms with Gasteiger partial charge in [0.15, 0.2) is 5.78 Å². The Morgan fingerprint density at radius 3 is 2.30 bits per heavy atom. The Morgan fingerprint density at radius 2 is 1.73 bits per heavy atom. The van der Waals surface area contributed by atoms with Gasteiger partial charge in [-0.1, -0.05) is 6.07 Å². The molecule has 0 radical (unpaired) electrons. The molecule has 162 valence electrons. The van der Waals surface area contributed by atoms with Crippen LogP contribution in [0.25, 0.3) is 0 Å². The number of rotatable bonds is 5. The van der Waals surface area contributed by atoms with Crippen molar-refractivity contribution in [1.82, 2.24) is 9.88 Å². The summed E-state index contributed by atoms with van der Waals surface area (Å²) in [5, 5.41) is 0. The molecule has 1 fully saturated rings. The molecule has 9 heteroatoms. The van der Waals surface area contributed by atoms with Gasteiger partial charge in [0, 0.05) is 24.6 Å². The molecule has 0 unspecified atom stereocenters. The molecule has 1 aromatic carbocycles. The first-order valence-electron chi connectivity index (χ1n) is 9.48. The molecule has 1 aliphatic heterocycles. The van der Waals surface area contributed by atoms with Gasteiger partial charge in [-0.05, 0) is 52.0 Å². The second-order valence-electron chi connectivity index (χ2n) is 7.12. The van der Waals surface area contributed by atoms with Crippen LogP contribution in [0.2, 0.25) is 0 Å². The zero-order valence-electron chi connectivity index (χ0n) is 16.7. The van der Waals surface area contributed by atoms with Crippen LogP contribution >= 0.6 is 12.4 Å². The molecule has 1 amide bonds. The Bertz CT molecular complexity index is 910. The monoisotopic (exact) mass is 441 g/mol. The Labute approximate surface area is 179 Å². The van der Waals surface area contributed by atoms with E-state index in [1.54, 1.807) is 19.1 Å². The standard InChI is InChI=1S/C21H22F3N3O2.ClH/c1-3-27(21(29)19-15(23)11-14(22)12-16(19)24)18-6-4-5-17(25-18)20(28)13-7-9-26(2)10-8-13;/h4-6,11-13H,3,7-10H2,1-2H3;1H. The van der Waals surface area contributed by atoms with Crippen LogP contribution in [0.1, 0.15) is 40.6 Å². The Hall–Kier alpha value is -2.45. The van der Waals surface area contributed by atoms with Crippen molar-refractivity contribution < 1.29 is 22.8 Å². The summed E-state index contributed by atoms with van der Waals surface area (Å²) < 4.78 is 41.3. The second-order valence-corrected chi connectivity index (χ2v) is 7.12. The molecular weight excluding hydrogens is 419 g/mol. The number of carbonyl (C=O) groups excluding carboxylic acids is 2. The average molecular weight is 442 g/mol. The molecule has 2 aromatic rings. The molecule has 3 rings (SSSR count). The number of hydrogen-bond donors (Lipinski definition) is 0. The predicted molar refractivity (Wildman–Crippen MR) is 110 cm³/mol. The largest absolute Gasteiger partial charge is 0.306 e. The van der Waals surface area contributed by atoms with E-state index in [4.69, 9.17) is 0 Å². The van der Waals surface area contributed by atoms with E-state index in [-0.39, 0.29) is 42.2 Å². The first-order valence-corrected chi connectivity index (χ1v) is 9.48. The smallest absolute Gasteiger partial charge is 0.265 e. The molecular formula is C21H23ClF3N3O2. The fourth-order valence-electron chi connectivity index (χ4n) is 3.48. The van der Waals surface area contributed by atoms with Crippen molar-refractivity contribution >= 4 is 29.9 Å². The van der Waals surface area contributed by atoms with Crippen LogP contribution in [0, 0.1) is 23.4 Å². The highest BCUT2D eigenvalue weighted by Crippen LogP contribution is 2.24. The number of hydrogen-bond acceptors (Lipinski definition) is 4. The molecule has 0 N–H and O–H groups in total. The zero-order chi connectivity index (χ0) is 21.1. The first-order chi connectivity index (χ1) is 13.8. The third-order valence-corrected chi connectivity index (χ3v) is 5.13. The molecule has 0 bridgehead atoms. The fraction of sp³-hybridized carbons (Fsp3) is 0.381. The van der Waals surface area contributed by atoms with Gasteiger partial charge in [0.1, 0.15) is 34.5 Å². The van der Waals surface area contributed by atoms with Crippen molar-refractivity contribution in [2.45, 2.75) is 19.8 Å². The van der Waals surface area contributed by atoms with Crippen molar-refractivity contribution in [1.29, 1.82) is 0 Å². The van der Waals surface area contributed by atoms with Crippen LogP contribution in [0.15, 0.2) is 30.3 Å². The number of piperidine rings is 1. The number of likely N-dealkylation sites (tertiary alicyclic amines) is 1. The van der Waals surface area contributed by atoms with Gasteiger partial charge in [0.2, 0.25) is 0 Å². The number of ketones is 1. The number of benzene rings is 1. The highest BCUT2D eigenvalue weighted by molar-refractivity contribution is 6.06. The van der Waals surface area contributed by atoms with E-state index in [0.717, 1.165) is 30.8 Å². The SMILES string of the molecule is CCN(C(=O)c1c(F)cc(F)cc1F)c1cccc(C(=O)C2CCN(C)CC2)n1.Cl. The summed E-state index contributed by atoms with van der Waals surface area (Å²) >= 11 is 0. The van der Waals surface area contributed by atoms with E-state index in [2.05, 4.69) is 9.88 Å². The summed E-state index contributed by atoms with van der Waals surface area (Å²) in [7, 11) is 2.00. The zero-order valence-corrected chi connectivity index (χ0v) is 17.5. The maximum atomic E-state index is 14.1. The van der Waals surface area contributed by atoms with Crippen molar-refractivity contribution in [3.05, 3.63) is 59.0 Å².